The molecule has 0 unspecified atom stereocenters. The van der Waals surface area contributed by atoms with Crippen molar-refractivity contribution in [3.05, 3.63) is 50.2 Å². The second-order valence-corrected chi connectivity index (χ2v) is 5.88. The van der Waals surface area contributed by atoms with Crippen LogP contribution in [0.15, 0.2) is 10.9 Å². The van der Waals surface area contributed by atoms with Gasteiger partial charge in [0.2, 0.25) is 0 Å². The van der Waals surface area contributed by atoms with Crippen LogP contribution in [0.2, 0.25) is 0 Å². The first kappa shape index (κ1) is 17.0. The number of hydrogen-bond donors (Lipinski definition) is 2. The molecule has 0 atom stereocenters. The zero-order chi connectivity index (χ0) is 17.1. The molecule has 0 aliphatic carbocycles. The van der Waals surface area contributed by atoms with E-state index in [9.17, 15) is 9.59 Å². The highest BCUT2D eigenvalue weighted by atomic mass is 16.2. The van der Waals surface area contributed by atoms with Gasteiger partial charge < -0.3 is 10.3 Å². The van der Waals surface area contributed by atoms with Crippen molar-refractivity contribution in [2.45, 2.75) is 54.1 Å². The van der Waals surface area contributed by atoms with E-state index in [1.54, 1.807) is 6.07 Å². The van der Waals surface area contributed by atoms with Gasteiger partial charge >= 0.3 is 0 Å². The van der Waals surface area contributed by atoms with Crippen LogP contribution in [-0.4, -0.2) is 20.7 Å². The normalized spacial score (nSPS) is 10.8. The SMILES string of the molecule is CCCn1nc(C)c(CNC(=O)c2cc(C)c(C)[nH]c2=O)c1C. The minimum Gasteiger partial charge on any atom is -0.348 e. The highest BCUT2D eigenvalue weighted by Crippen LogP contribution is 2.13. The number of rotatable bonds is 5. The van der Waals surface area contributed by atoms with Crippen molar-refractivity contribution in [3.8, 4) is 0 Å². The molecule has 6 heteroatoms. The average Bonchev–Trinajstić information content (AvgIpc) is 2.75. The molecule has 0 saturated carbocycles. The van der Waals surface area contributed by atoms with Gasteiger partial charge in [-0.2, -0.15) is 5.10 Å². The van der Waals surface area contributed by atoms with Gasteiger partial charge in [-0.3, -0.25) is 14.3 Å². The molecule has 1 amide bonds. The topological polar surface area (TPSA) is 79.8 Å². The molecule has 0 aliphatic heterocycles. The maximum atomic E-state index is 12.3. The van der Waals surface area contributed by atoms with Crippen LogP contribution in [0.5, 0.6) is 0 Å². The molecule has 6 nitrogen and oxygen atoms in total. The Kier molecular flexibility index (Phi) is 5.03. The van der Waals surface area contributed by atoms with Crippen LogP contribution in [0.4, 0.5) is 0 Å². The van der Waals surface area contributed by atoms with Crippen molar-refractivity contribution in [1.29, 1.82) is 0 Å². The number of carbonyl (C=O) groups is 1. The van der Waals surface area contributed by atoms with Crippen molar-refractivity contribution in [1.82, 2.24) is 20.1 Å². The summed E-state index contributed by atoms with van der Waals surface area (Å²) in [7, 11) is 0. The largest absolute Gasteiger partial charge is 0.348 e. The summed E-state index contributed by atoms with van der Waals surface area (Å²) < 4.78 is 1.96. The van der Waals surface area contributed by atoms with Crippen molar-refractivity contribution >= 4 is 5.91 Å². The molecular weight excluding hydrogens is 292 g/mol. The van der Waals surface area contributed by atoms with Crippen LogP contribution >= 0.6 is 0 Å². The van der Waals surface area contributed by atoms with Crippen LogP contribution in [0.1, 0.15) is 51.9 Å². The predicted octanol–water partition coefficient (Wildman–Crippen LogP) is 2.15. The lowest BCUT2D eigenvalue weighted by Crippen LogP contribution is -2.30. The van der Waals surface area contributed by atoms with Gasteiger partial charge in [0.25, 0.3) is 11.5 Å². The van der Waals surface area contributed by atoms with Crippen molar-refractivity contribution in [2.24, 2.45) is 0 Å². The standard InChI is InChI=1S/C17H24N4O2/c1-6-7-21-13(5)15(12(4)20-21)9-18-16(22)14-8-10(2)11(3)19-17(14)23/h8H,6-7,9H2,1-5H3,(H,18,22)(H,19,23). The van der Waals surface area contributed by atoms with Crippen molar-refractivity contribution in [2.75, 3.05) is 0 Å². The van der Waals surface area contributed by atoms with Crippen molar-refractivity contribution < 1.29 is 4.79 Å². The summed E-state index contributed by atoms with van der Waals surface area (Å²) in [6.45, 7) is 10.9. The molecule has 124 valence electrons. The molecule has 0 saturated heterocycles. The van der Waals surface area contributed by atoms with E-state index < -0.39 is 0 Å². The number of carbonyl (C=O) groups excluding carboxylic acids is 1. The van der Waals surface area contributed by atoms with Gasteiger partial charge in [0, 0.05) is 30.0 Å². The Morgan fingerprint density at radius 1 is 1.30 bits per heavy atom. The van der Waals surface area contributed by atoms with Gasteiger partial charge in [-0.1, -0.05) is 6.92 Å². The fourth-order valence-corrected chi connectivity index (χ4v) is 2.58. The fourth-order valence-electron chi connectivity index (χ4n) is 2.58. The van der Waals surface area contributed by atoms with E-state index in [-0.39, 0.29) is 17.0 Å². The number of amides is 1. The second kappa shape index (κ2) is 6.81. The summed E-state index contributed by atoms with van der Waals surface area (Å²) in [5.41, 5.74) is 4.41. The maximum absolute atomic E-state index is 12.3. The number of aromatic nitrogens is 3. The van der Waals surface area contributed by atoms with E-state index >= 15 is 0 Å². The Morgan fingerprint density at radius 2 is 2.00 bits per heavy atom. The molecule has 23 heavy (non-hydrogen) atoms. The summed E-state index contributed by atoms with van der Waals surface area (Å²) >= 11 is 0. The predicted molar refractivity (Wildman–Crippen MR) is 89.7 cm³/mol. The van der Waals surface area contributed by atoms with E-state index in [2.05, 4.69) is 22.3 Å². The molecule has 2 N–H and O–H groups in total. The molecule has 0 spiro atoms. The first-order chi connectivity index (χ1) is 10.8. The smallest absolute Gasteiger partial charge is 0.261 e. The number of aromatic amines is 1. The molecular formula is C17H24N4O2. The average molecular weight is 316 g/mol. The van der Waals surface area contributed by atoms with Crippen LogP contribution in [0.3, 0.4) is 0 Å². The lowest BCUT2D eigenvalue weighted by molar-refractivity contribution is 0.0949. The monoisotopic (exact) mass is 316 g/mol. The van der Waals surface area contributed by atoms with E-state index in [1.807, 2.05) is 32.4 Å². The first-order valence-electron chi connectivity index (χ1n) is 7.86. The number of nitrogens with one attached hydrogen (secondary N) is 2. The number of hydrogen-bond acceptors (Lipinski definition) is 3. The molecule has 2 rings (SSSR count). The van der Waals surface area contributed by atoms with E-state index in [0.29, 0.717) is 6.54 Å². The molecule has 2 heterocycles. The molecule has 0 fully saturated rings. The molecule has 0 aliphatic rings. The molecule has 0 bridgehead atoms. The number of aryl methyl sites for hydroxylation is 4. The minimum atomic E-state index is -0.364. The summed E-state index contributed by atoms with van der Waals surface area (Å²) in [4.78, 5) is 26.9. The van der Waals surface area contributed by atoms with Gasteiger partial charge in [-0.15, -0.1) is 0 Å². The minimum absolute atomic E-state index is 0.143. The Labute approximate surface area is 135 Å². The van der Waals surface area contributed by atoms with Gasteiger partial charge in [-0.05, 0) is 45.7 Å². The summed E-state index contributed by atoms with van der Waals surface area (Å²) in [5, 5.41) is 7.32. The van der Waals surface area contributed by atoms with Gasteiger partial charge in [0.15, 0.2) is 0 Å². The van der Waals surface area contributed by atoms with Crippen molar-refractivity contribution in [3.63, 3.8) is 0 Å². The van der Waals surface area contributed by atoms with Crippen LogP contribution in [0, 0.1) is 27.7 Å². The molecule has 0 aromatic carbocycles. The number of H-pyrrole nitrogens is 1. The lowest BCUT2D eigenvalue weighted by atomic mass is 10.1. The fraction of sp³-hybridized carbons (Fsp3) is 0.471. The quantitative estimate of drug-likeness (QED) is 0.887. The van der Waals surface area contributed by atoms with E-state index in [0.717, 1.165) is 41.2 Å². The molecule has 0 radical (unpaired) electrons. The number of nitrogens with zero attached hydrogens (tertiary/aromatic N) is 2. The molecule has 2 aromatic heterocycles. The van der Waals surface area contributed by atoms with Crippen LogP contribution in [0.25, 0.3) is 0 Å². The Bertz CT molecular complexity index is 787. The maximum Gasteiger partial charge on any atom is 0.261 e. The van der Waals surface area contributed by atoms with E-state index in [4.69, 9.17) is 0 Å². The Hall–Kier alpha value is -2.37. The third kappa shape index (κ3) is 3.52. The van der Waals surface area contributed by atoms with Gasteiger partial charge in [-0.25, -0.2) is 0 Å². The summed E-state index contributed by atoms with van der Waals surface area (Å²) in [6, 6.07) is 1.63. The second-order valence-electron chi connectivity index (χ2n) is 5.88. The van der Waals surface area contributed by atoms with Crippen LogP contribution in [-0.2, 0) is 13.1 Å². The Morgan fingerprint density at radius 3 is 2.65 bits per heavy atom. The third-order valence-corrected chi connectivity index (χ3v) is 4.14. The third-order valence-electron chi connectivity index (χ3n) is 4.14. The summed E-state index contributed by atoms with van der Waals surface area (Å²) in [5.74, 6) is -0.364. The zero-order valence-electron chi connectivity index (χ0n) is 14.4. The zero-order valence-corrected chi connectivity index (χ0v) is 14.4. The lowest BCUT2D eigenvalue weighted by Gasteiger charge is -2.08. The summed E-state index contributed by atoms with van der Waals surface area (Å²) in [6.07, 6.45) is 1.01. The van der Waals surface area contributed by atoms with Gasteiger partial charge in [0.05, 0.1) is 5.69 Å². The highest BCUT2D eigenvalue weighted by molar-refractivity contribution is 5.94. The molecule has 2 aromatic rings. The Balaban J connectivity index is 2.17. The number of pyridine rings is 1. The first-order valence-corrected chi connectivity index (χ1v) is 7.86. The van der Waals surface area contributed by atoms with Gasteiger partial charge in [0.1, 0.15) is 5.56 Å². The highest BCUT2D eigenvalue weighted by Gasteiger charge is 2.15. The van der Waals surface area contributed by atoms with Crippen LogP contribution < -0.4 is 10.9 Å². The van der Waals surface area contributed by atoms with E-state index in [1.165, 1.54) is 0 Å².